The first kappa shape index (κ1) is 17.0. The van der Waals surface area contributed by atoms with Crippen molar-refractivity contribution >= 4 is 58.5 Å². The van der Waals surface area contributed by atoms with Crippen LogP contribution in [-0.4, -0.2) is 26.0 Å². The molecule has 4 nitrogen and oxygen atoms in total. The summed E-state index contributed by atoms with van der Waals surface area (Å²) in [5, 5.41) is 0.568. The molecule has 1 unspecified atom stereocenters. The number of carbonyl (C=O) groups is 1. The molecule has 9 heteroatoms. The van der Waals surface area contributed by atoms with Crippen LogP contribution in [0.25, 0.3) is 0 Å². The van der Waals surface area contributed by atoms with E-state index in [0.29, 0.717) is 10.7 Å². The maximum atomic E-state index is 14.2. The molecule has 1 aliphatic rings. The van der Waals surface area contributed by atoms with E-state index in [9.17, 15) is 9.28 Å². The van der Waals surface area contributed by atoms with E-state index in [4.69, 9.17) is 34.8 Å². The molecule has 0 spiro atoms. The largest absolute Gasteiger partial charge is 0.370 e. The van der Waals surface area contributed by atoms with E-state index in [1.54, 1.807) is 24.3 Å². The third kappa shape index (κ3) is 3.51. The highest BCUT2D eigenvalue weighted by molar-refractivity contribution is 8.00. The van der Waals surface area contributed by atoms with Crippen LogP contribution in [0.4, 0.5) is 15.0 Å². The highest BCUT2D eigenvalue weighted by Crippen LogP contribution is 2.39. The third-order valence-electron chi connectivity index (χ3n) is 2.92. The molecule has 1 atom stereocenters. The summed E-state index contributed by atoms with van der Waals surface area (Å²) in [5.41, 5.74) is 0.551. The lowest BCUT2D eigenvalue weighted by molar-refractivity contribution is -0.0519. The van der Waals surface area contributed by atoms with Gasteiger partial charge in [-0.3, -0.25) is 4.90 Å². The summed E-state index contributed by atoms with van der Waals surface area (Å²) >= 11 is 18.1. The van der Waals surface area contributed by atoms with Gasteiger partial charge in [0, 0.05) is 10.7 Å². The zero-order valence-electron chi connectivity index (χ0n) is 11.2. The van der Waals surface area contributed by atoms with Gasteiger partial charge in [0.25, 0.3) is 0 Å². The number of rotatable bonds is 4. The highest BCUT2D eigenvalue weighted by Gasteiger charge is 2.48. The molecule has 116 valence electrons. The Morgan fingerprint density at radius 3 is 2.29 bits per heavy atom. The molecule has 0 bridgehead atoms. The molecule has 1 aromatic rings. The van der Waals surface area contributed by atoms with Crippen LogP contribution < -0.4 is 4.90 Å². The van der Waals surface area contributed by atoms with E-state index < -0.39 is 16.4 Å². The van der Waals surface area contributed by atoms with Crippen molar-refractivity contribution in [2.45, 2.75) is 24.2 Å². The zero-order valence-corrected chi connectivity index (χ0v) is 14.3. The molecule has 2 rings (SSSR count). The topological polar surface area (TPSA) is 26.8 Å². The Labute approximate surface area is 141 Å². The molecule has 1 aliphatic heterocycles. The van der Waals surface area contributed by atoms with Crippen molar-refractivity contribution in [3.05, 3.63) is 29.3 Å². The quantitative estimate of drug-likeness (QED) is 0.419. The van der Waals surface area contributed by atoms with Crippen LogP contribution in [0.1, 0.15) is 13.8 Å². The van der Waals surface area contributed by atoms with Crippen LogP contribution in [0.15, 0.2) is 24.3 Å². The molecule has 1 saturated heterocycles. The number of urea groups is 1. The lowest BCUT2D eigenvalue weighted by Crippen LogP contribution is -2.41. The second-order valence-electron chi connectivity index (χ2n) is 4.72. The summed E-state index contributed by atoms with van der Waals surface area (Å²) in [6.07, 6.45) is -0.548. The molecule has 1 fully saturated rings. The first-order valence-corrected chi connectivity index (χ1v) is 8.20. The summed E-state index contributed by atoms with van der Waals surface area (Å²) in [6.45, 7) is 3.76. The van der Waals surface area contributed by atoms with Crippen molar-refractivity contribution < 1.29 is 9.28 Å². The Kier molecular flexibility index (Phi) is 5.48. The van der Waals surface area contributed by atoms with Crippen LogP contribution in [0.3, 0.4) is 0 Å². The maximum Gasteiger partial charge on any atom is 0.370 e. The number of alkyl halides is 2. The number of hydrazine groups is 1. The molecular weight excluding hydrogens is 360 g/mol. The summed E-state index contributed by atoms with van der Waals surface area (Å²) in [5.74, 6) is -0.0510. The van der Waals surface area contributed by atoms with Gasteiger partial charge in [-0.15, -0.1) is 4.41 Å². The zero-order chi connectivity index (χ0) is 15.7. The van der Waals surface area contributed by atoms with Crippen LogP contribution in [0.2, 0.25) is 5.02 Å². The average molecular weight is 373 g/mol. The molecule has 0 aromatic heterocycles. The SMILES string of the molecule is CC(C)C1N(c2ccc(Cl)cc2)C(=O)N(F)N1SC(Cl)Cl. The maximum absolute atomic E-state index is 14.2. The minimum Gasteiger partial charge on any atom is -0.272 e. The molecule has 2 amide bonds. The second-order valence-corrected chi connectivity index (χ2v) is 7.82. The number of amides is 2. The van der Waals surface area contributed by atoms with Crippen molar-refractivity contribution in [1.29, 1.82) is 0 Å². The fourth-order valence-corrected chi connectivity index (χ4v) is 3.49. The van der Waals surface area contributed by atoms with Gasteiger partial charge in [0.2, 0.25) is 0 Å². The number of hydrogen-bond acceptors (Lipinski definition) is 3. The van der Waals surface area contributed by atoms with Gasteiger partial charge in [0.1, 0.15) is 6.17 Å². The predicted molar refractivity (Wildman–Crippen MR) is 85.8 cm³/mol. The first-order chi connectivity index (χ1) is 9.82. The lowest BCUT2D eigenvalue weighted by Gasteiger charge is -2.30. The van der Waals surface area contributed by atoms with E-state index in [0.717, 1.165) is 16.4 Å². The smallest absolute Gasteiger partial charge is 0.272 e. The standard InChI is InChI=1S/C12H13Cl3FN3OS/c1-7(2)10-17(9-5-3-8(13)4-6-9)12(20)18(16)19(10)21-11(14)15/h3-7,10-11H,1-2H3. The van der Waals surface area contributed by atoms with E-state index in [2.05, 4.69) is 0 Å². The summed E-state index contributed by atoms with van der Waals surface area (Å²) in [4.78, 5) is 13.6. The third-order valence-corrected chi connectivity index (χ3v) is 4.38. The van der Waals surface area contributed by atoms with Crippen LogP contribution in [0.5, 0.6) is 0 Å². The van der Waals surface area contributed by atoms with E-state index in [1.807, 2.05) is 13.8 Å². The molecule has 0 aliphatic carbocycles. The molecule has 21 heavy (non-hydrogen) atoms. The van der Waals surface area contributed by atoms with Crippen molar-refractivity contribution in [2.24, 2.45) is 5.92 Å². The minimum absolute atomic E-state index is 0.0295. The Morgan fingerprint density at radius 2 is 1.81 bits per heavy atom. The van der Waals surface area contributed by atoms with Gasteiger partial charge in [-0.1, -0.05) is 58.4 Å². The van der Waals surface area contributed by atoms with Crippen molar-refractivity contribution in [3.8, 4) is 0 Å². The van der Waals surface area contributed by atoms with E-state index in [-0.39, 0.29) is 11.1 Å². The second kappa shape index (κ2) is 6.79. The Hall–Kier alpha value is -0.400. The van der Waals surface area contributed by atoms with Gasteiger partial charge in [-0.25, -0.2) is 4.79 Å². The molecule has 1 heterocycles. The normalized spacial score (nSPS) is 20.2. The summed E-state index contributed by atoms with van der Waals surface area (Å²) < 4.78 is 14.4. The Morgan fingerprint density at radius 1 is 1.24 bits per heavy atom. The molecular formula is C12H13Cl3FN3OS. The Balaban J connectivity index is 2.38. The molecule has 0 saturated carbocycles. The predicted octanol–water partition coefficient (Wildman–Crippen LogP) is 5.08. The number of benzene rings is 1. The lowest BCUT2D eigenvalue weighted by atomic mass is 10.1. The molecule has 0 radical (unpaired) electrons. The van der Waals surface area contributed by atoms with Crippen LogP contribution in [0, 0.1) is 5.92 Å². The van der Waals surface area contributed by atoms with Gasteiger partial charge in [0.05, 0.1) is 0 Å². The number of hydrogen-bond donors (Lipinski definition) is 0. The van der Waals surface area contributed by atoms with Crippen molar-refractivity contribution in [3.63, 3.8) is 0 Å². The van der Waals surface area contributed by atoms with E-state index in [1.165, 1.54) is 4.90 Å². The first-order valence-electron chi connectivity index (χ1n) is 6.11. The number of anilines is 1. The van der Waals surface area contributed by atoms with Crippen LogP contribution in [-0.2, 0) is 0 Å². The monoisotopic (exact) mass is 371 g/mol. The van der Waals surface area contributed by atoms with Gasteiger partial charge in [0.15, 0.2) is 4.17 Å². The molecule has 0 N–H and O–H groups in total. The van der Waals surface area contributed by atoms with Crippen LogP contribution >= 0.6 is 46.8 Å². The van der Waals surface area contributed by atoms with Crippen molar-refractivity contribution in [1.82, 2.24) is 9.65 Å². The summed E-state index contributed by atoms with van der Waals surface area (Å²) in [7, 11) is 0. The van der Waals surface area contributed by atoms with E-state index >= 15 is 0 Å². The fourth-order valence-electron chi connectivity index (χ4n) is 2.09. The van der Waals surface area contributed by atoms with Gasteiger partial charge in [-0.2, -0.15) is 0 Å². The fraction of sp³-hybridized carbons (Fsp3) is 0.417. The highest BCUT2D eigenvalue weighted by atomic mass is 35.5. The van der Waals surface area contributed by atoms with Crippen molar-refractivity contribution in [2.75, 3.05) is 4.90 Å². The Bertz CT molecular complexity index is 517. The summed E-state index contributed by atoms with van der Waals surface area (Å²) in [6, 6.07) is 5.82. The van der Waals surface area contributed by atoms with Gasteiger partial charge >= 0.3 is 6.03 Å². The number of halogens is 4. The minimum atomic E-state index is -0.887. The number of nitrogens with zero attached hydrogens (tertiary/aromatic N) is 3. The van der Waals surface area contributed by atoms with Gasteiger partial charge in [-0.05, 0) is 42.1 Å². The number of carbonyl (C=O) groups excluding carboxylic acids is 1. The molecule has 1 aromatic carbocycles. The van der Waals surface area contributed by atoms with Gasteiger partial charge < -0.3 is 0 Å². The average Bonchev–Trinajstić information content (AvgIpc) is 2.64.